The topological polar surface area (TPSA) is 96.0 Å². The Morgan fingerprint density at radius 1 is 0.902 bits per heavy atom. The number of nitrogens with one attached hydrogen (secondary N) is 1. The van der Waals surface area contributed by atoms with Gasteiger partial charge in [-0.25, -0.2) is 12.8 Å². The molecule has 0 aliphatic rings. The van der Waals surface area contributed by atoms with Crippen LogP contribution in [0, 0.1) is 5.82 Å². The third-order valence-electron chi connectivity index (χ3n) is 6.71. The predicted molar refractivity (Wildman–Crippen MR) is 158 cm³/mol. The van der Waals surface area contributed by atoms with Crippen LogP contribution in [-0.4, -0.2) is 50.0 Å². The Balaban J connectivity index is 1.85. The Morgan fingerprint density at radius 2 is 1.54 bits per heavy atom. The summed E-state index contributed by atoms with van der Waals surface area (Å²) < 4.78 is 46.0. The Labute approximate surface area is 242 Å². The van der Waals surface area contributed by atoms with Crippen LogP contribution in [0.5, 0.6) is 5.75 Å². The van der Waals surface area contributed by atoms with E-state index in [1.165, 1.54) is 29.2 Å². The molecule has 0 fully saturated rings. The molecule has 0 unspecified atom stereocenters. The molecule has 2 amide bonds. The van der Waals surface area contributed by atoms with Crippen molar-refractivity contribution < 1.29 is 27.1 Å². The first kappa shape index (κ1) is 31.6. The van der Waals surface area contributed by atoms with E-state index in [0.29, 0.717) is 30.8 Å². The number of hydrogen-bond acceptors (Lipinski definition) is 5. The zero-order valence-corrected chi connectivity index (χ0v) is 24.7. The Bertz CT molecular complexity index is 1380. The van der Waals surface area contributed by atoms with Crippen LogP contribution in [0.2, 0.25) is 0 Å². The van der Waals surface area contributed by atoms with Crippen molar-refractivity contribution in [3.8, 4) is 5.75 Å². The molecular formula is C31H38FN3O5S. The molecule has 41 heavy (non-hydrogen) atoms. The summed E-state index contributed by atoms with van der Waals surface area (Å²) >= 11 is 0. The number of ether oxygens (including phenoxy) is 1. The smallest absolute Gasteiger partial charge is 0.244 e. The average molecular weight is 584 g/mol. The van der Waals surface area contributed by atoms with Crippen molar-refractivity contribution in [2.75, 3.05) is 17.1 Å². The molecule has 0 aromatic heterocycles. The van der Waals surface area contributed by atoms with E-state index in [1.54, 1.807) is 31.2 Å². The van der Waals surface area contributed by atoms with E-state index in [0.717, 1.165) is 16.1 Å². The second-order valence-electron chi connectivity index (χ2n) is 9.93. The standard InChI is InChI=1S/C31H38FN3O5S/c1-5-23(3)33-31(37)29(6-2)34(20-24-12-14-26(32)15-13-24)30(36)21-35(41(4,38)39)27-16-18-28(19-17-27)40-22-25-10-8-7-9-11-25/h7-19,23,29H,5-6,20-22H2,1-4H3,(H,33,37)/t23-,29+/m0/s1. The summed E-state index contributed by atoms with van der Waals surface area (Å²) in [6.45, 7) is 5.44. The van der Waals surface area contributed by atoms with Gasteiger partial charge >= 0.3 is 0 Å². The fraction of sp³-hybridized carbons (Fsp3) is 0.355. The zero-order chi connectivity index (χ0) is 30.0. The summed E-state index contributed by atoms with van der Waals surface area (Å²) in [5.41, 5.74) is 1.89. The van der Waals surface area contributed by atoms with Crippen LogP contribution in [0.1, 0.15) is 44.7 Å². The number of carbonyl (C=O) groups is 2. The summed E-state index contributed by atoms with van der Waals surface area (Å²) in [7, 11) is -3.87. The highest BCUT2D eigenvalue weighted by Gasteiger charge is 2.32. The van der Waals surface area contributed by atoms with Gasteiger partial charge in [-0.2, -0.15) is 0 Å². The first-order valence-electron chi connectivity index (χ1n) is 13.6. The van der Waals surface area contributed by atoms with Crippen molar-refractivity contribution in [1.29, 1.82) is 0 Å². The van der Waals surface area contributed by atoms with Crippen LogP contribution in [0.4, 0.5) is 10.1 Å². The number of amides is 2. The molecule has 0 heterocycles. The number of benzene rings is 3. The molecule has 0 aliphatic carbocycles. The summed E-state index contributed by atoms with van der Waals surface area (Å²) in [5.74, 6) is -0.769. The minimum atomic E-state index is -3.87. The number of rotatable bonds is 14. The Morgan fingerprint density at radius 3 is 2.10 bits per heavy atom. The average Bonchev–Trinajstić information content (AvgIpc) is 2.95. The van der Waals surface area contributed by atoms with E-state index in [1.807, 2.05) is 44.2 Å². The molecule has 0 spiro atoms. The molecule has 3 aromatic rings. The first-order valence-corrected chi connectivity index (χ1v) is 15.4. The van der Waals surface area contributed by atoms with E-state index >= 15 is 0 Å². The number of halogens is 1. The van der Waals surface area contributed by atoms with E-state index in [2.05, 4.69) is 5.32 Å². The lowest BCUT2D eigenvalue weighted by molar-refractivity contribution is -0.140. The van der Waals surface area contributed by atoms with Gasteiger partial charge in [-0.15, -0.1) is 0 Å². The highest BCUT2D eigenvalue weighted by atomic mass is 32.2. The normalized spacial score (nSPS) is 12.7. The molecule has 2 atom stereocenters. The molecule has 0 saturated carbocycles. The molecule has 10 heteroatoms. The zero-order valence-electron chi connectivity index (χ0n) is 23.9. The van der Waals surface area contributed by atoms with Crippen molar-refractivity contribution in [1.82, 2.24) is 10.2 Å². The van der Waals surface area contributed by atoms with Crippen LogP contribution < -0.4 is 14.4 Å². The first-order chi connectivity index (χ1) is 19.5. The lowest BCUT2D eigenvalue weighted by Crippen LogP contribution is -2.53. The summed E-state index contributed by atoms with van der Waals surface area (Å²) in [6, 6.07) is 20.8. The third-order valence-corrected chi connectivity index (χ3v) is 7.85. The summed E-state index contributed by atoms with van der Waals surface area (Å²) in [6.07, 6.45) is 2.04. The molecule has 0 aliphatic heterocycles. The molecule has 1 N–H and O–H groups in total. The van der Waals surface area contributed by atoms with E-state index < -0.39 is 34.3 Å². The monoisotopic (exact) mass is 583 g/mol. The molecule has 0 saturated heterocycles. The maximum absolute atomic E-state index is 13.8. The Hall–Kier alpha value is -3.92. The number of anilines is 1. The van der Waals surface area contributed by atoms with Crippen molar-refractivity contribution in [2.24, 2.45) is 0 Å². The summed E-state index contributed by atoms with van der Waals surface area (Å²) in [5, 5.41) is 2.92. The van der Waals surface area contributed by atoms with Crippen LogP contribution in [0.3, 0.4) is 0 Å². The minimum Gasteiger partial charge on any atom is -0.489 e. The molecule has 8 nitrogen and oxygen atoms in total. The molecule has 0 radical (unpaired) electrons. The number of carbonyl (C=O) groups excluding carboxylic acids is 2. The second kappa shape index (κ2) is 14.6. The predicted octanol–water partition coefficient (Wildman–Crippen LogP) is 4.89. The highest BCUT2D eigenvalue weighted by Crippen LogP contribution is 2.23. The number of nitrogens with zero attached hydrogens (tertiary/aromatic N) is 2. The van der Waals surface area contributed by atoms with Gasteiger partial charge in [0.05, 0.1) is 11.9 Å². The van der Waals surface area contributed by atoms with Gasteiger partial charge in [0.2, 0.25) is 21.8 Å². The largest absolute Gasteiger partial charge is 0.489 e. The van der Waals surface area contributed by atoms with Crippen molar-refractivity contribution in [3.05, 3.63) is 95.8 Å². The lowest BCUT2D eigenvalue weighted by Gasteiger charge is -2.33. The van der Waals surface area contributed by atoms with Gasteiger partial charge in [0.1, 0.15) is 30.8 Å². The molecule has 3 aromatic carbocycles. The van der Waals surface area contributed by atoms with Gasteiger partial charge in [-0.1, -0.05) is 56.3 Å². The number of hydrogen-bond donors (Lipinski definition) is 1. The van der Waals surface area contributed by atoms with E-state index in [9.17, 15) is 22.4 Å². The van der Waals surface area contributed by atoms with Gasteiger partial charge in [0, 0.05) is 12.6 Å². The third kappa shape index (κ3) is 9.31. The minimum absolute atomic E-state index is 0.00934. The lowest BCUT2D eigenvalue weighted by atomic mass is 10.1. The van der Waals surface area contributed by atoms with Crippen molar-refractivity contribution in [2.45, 2.75) is 58.8 Å². The molecule has 3 rings (SSSR count). The SMILES string of the molecule is CC[C@H](C(=O)N[C@@H](C)CC)N(Cc1ccc(F)cc1)C(=O)CN(c1ccc(OCc2ccccc2)cc1)S(C)(=O)=O. The fourth-order valence-corrected chi connectivity index (χ4v) is 5.06. The van der Waals surface area contributed by atoms with E-state index in [-0.39, 0.29) is 24.2 Å². The van der Waals surface area contributed by atoms with Gasteiger partial charge < -0.3 is 15.0 Å². The van der Waals surface area contributed by atoms with Crippen molar-refractivity contribution in [3.63, 3.8) is 0 Å². The summed E-state index contributed by atoms with van der Waals surface area (Å²) in [4.78, 5) is 28.3. The Kier molecular flexibility index (Phi) is 11.3. The van der Waals surface area contributed by atoms with Crippen molar-refractivity contribution >= 4 is 27.5 Å². The van der Waals surface area contributed by atoms with Gasteiger partial charge in [0.15, 0.2) is 0 Å². The molecule has 0 bridgehead atoms. The van der Waals surface area contributed by atoms with Gasteiger partial charge in [-0.3, -0.25) is 13.9 Å². The van der Waals surface area contributed by atoms with Crippen LogP contribution in [0.25, 0.3) is 0 Å². The van der Waals surface area contributed by atoms with Crippen LogP contribution >= 0.6 is 0 Å². The van der Waals surface area contributed by atoms with Crippen LogP contribution in [0.15, 0.2) is 78.9 Å². The van der Waals surface area contributed by atoms with E-state index in [4.69, 9.17) is 4.74 Å². The quantitative estimate of drug-likeness (QED) is 0.292. The highest BCUT2D eigenvalue weighted by molar-refractivity contribution is 7.92. The number of sulfonamides is 1. The van der Waals surface area contributed by atoms with Gasteiger partial charge in [0.25, 0.3) is 0 Å². The second-order valence-corrected chi connectivity index (χ2v) is 11.8. The fourth-order valence-electron chi connectivity index (χ4n) is 4.21. The van der Waals surface area contributed by atoms with Gasteiger partial charge in [-0.05, 0) is 67.3 Å². The molecule has 220 valence electrons. The maximum Gasteiger partial charge on any atom is 0.244 e. The van der Waals surface area contributed by atoms with Crippen LogP contribution in [-0.2, 0) is 32.8 Å². The molecular weight excluding hydrogens is 545 g/mol. The maximum atomic E-state index is 13.8.